The van der Waals surface area contributed by atoms with Crippen LogP contribution in [0.1, 0.15) is 18.9 Å². The number of rotatable bonds is 3. The lowest BCUT2D eigenvalue weighted by molar-refractivity contribution is 0.508. The molecule has 0 aliphatic heterocycles. The maximum Gasteiger partial charge on any atom is 0.159 e. The Bertz CT molecular complexity index is 345. The number of benzene rings is 1. The van der Waals surface area contributed by atoms with Gasteiger partial charge in [0, 0.05) is 5.88 Å². The molecule has 1 aromatic carbocycles. The lowest BCUT2D eigenvalue weighted by atomic mass is 10.1. The molecule has 3 heteroatoms. The standard InChI is InChI=1S/C11H11ClF2/c1-8(3-2-6-12)9-4-5-10(13)11(14)7-9/h3-5,7H,2,6H2,1H3/b8-3-. The Labute approximate surface area is 87.2 Å². The molecule has 0 radical (unpaired) electrons. The van der Waals surface area contributed by atoms with Gasteiger partial charge in [-0.05, 0) is 36.6 Å². The number of halogens is 3. The van der Waals surface area contributed by atoms with Crippen molar-refractivity contribution < 1.29 is 8.78 Å². The van der Waals surface area contributed by atoms with Crippen molar-refractivity contribution in [2.75, 3.05) is 5.88 Å². The number of allylic oxidation sites excluding steroid dienone is 2. The van der Waals surface area contributed by atoms with Crippen LogP contribution in [-0.2, 0) is 0 Å². The van der Waals surface area contributed by atoms with Crippen LogP contribution in [-0.4, -0.2) is 5.88 Å². The summed E-state index contributed by atoms with van der Waals surface area (Å²) in [5, 5.41) is 0. The summed E-state index contributed by atoms with van der Waals surface area (Å²) >= 11 is 5.51. The lowest BCUT2D eigenvalue weighted by Crippen LogP contribution is -1.87. The Hall–Kier alpha value is -0.890. The van der Waals surface area contributed by atoms with Gasteiger partial charge in [-0.3, -0.25) is 0 Å². The van der Waals surface area contributed by atoms with E-state index in [1.807, 2.05) is 13.0 Å². The minimum Gasteiger partial charge on any atom is -0.204 e. The molecule has 0 saturated carbocycles. The molecule has 0 aliphatic carbocycles. The number of alkyl halides is 1. The van der Waals surface area contributed by atoms with Crippen molar-refractivity contribution in [1.29, 1.82) is 0 Å². The second kappa shape index (κ2) is 5.11. The van der Waals surface area contributed by atoms with E-state index in [1.165, 1.54) is 6.07 Å². The molecular formula is C11H11ClF2. The molecule has 0 unspecified atom stereocenters. The summed E-state index contributed by atoms with van der Waals surface area (Å²) < 4.78 is 25.4. The van der Waals surface area contributed by atoms with E-state index in [9.17, 15) is 8.78 Å². The third-order valence-electron chi connectivity index (χ3n) is 1.93. The van der Waals surface area contributed by atoms with E-state index in [0.717, 1.165) is 18.1 Å². The molecule has 0 N–H and O–H groups in total. The van der Waals surface area contributed by atoms with Crippen LogP contribution in [0, 0.1) is 11.6 Å². The van der Waals surface area contributed by atoms with Crippen molar-refractivity contribution in [3.8, 4) is 0 Å². The minimum atomic E-state index is -0.820. The van der Waals surface area contributed by atoms with Gasteiger partial charge in [-0.25, -0.2) is 8.78 Å². The Morgan fingerprint density at radius 1 is 1.36 bits per heavy atom. The van der Waals surface area contributed by atoms with Gasteiger partial charge in [0.05, 0.1) is 0 Å². The highest BCUT2D eigenvalue weighted by molar-refractivity contribution is 6.17. The van der Waals surface area contributed by atoms with E-state index < -0.39 is 11.6 Å². The molecule has 76 valence electrons. The molecule has 0 aliphatic rings. The topological polar surface area (TPSA) is 0 Å². The zero-order valence-electron chi connectivity index (χ0n) is 7.86. The summed E-state index contributed by atoms with van der Waals surface area (Å²) in [6.07, 6.45) is 2.63. The first-order valence-electron chi connectivity index (χ1n) is 4.33. The highest BCUT2D eigenvalue weighted by atomic mass is 35.5. The van der Waals surface area contributed by atoms with Crippen LogP contribution < -0.4 is 0 Å². The number of hydrogen-bond acceptors (Lipinski definition) is 0. The monoisotopic (exact) mass is 216 g/mol. The maximum absolute atomic E-state index is 12.8. The highest BCUT2D eigenvalue weighted by Gasteiger charge is 2.02. The largest absolute Gasteiger partial charge is 0.204 e. The second-order valence-corrected chi connectivity index (χ2v) is 3.37. The van der Waals surface area contributed by atoms with Crippen molar-refractivity contribution >= 4 is 17.2 Å². The normalized spacial score (nSPS) is 11.9. The summed E-state index contributed by atoms with van der Waals surface area (Å²) in [7, 11) is 0. The zero-order chi connectivity index (χ0) is 10.6. The minimum absolute atomic E-state index is 0.529. The first-order chi connectivity index (χ1) is 6.65. The molecule has 0 bridgehead atoms. The first-order valence-corrected chi connectivity index (χ1v) is 4.86. The number of hydrogen-bond donors (Lipinski definition) is 0. The molecule has 0 aromatic heterocycles. The van der Waals surface area contributed by atoms with Crippen molar-refractivity contribution in [1.82, 2.24) is 0 Å². The van der Waals surface area contributed by atoms with Crippen molar-refractivity contribution in [3.05, 3.63) is 41.5 Å². The van der Waals surface area contributed by atoms with Gasteiger partial charge in [-0.2, -0.15) is 0 Å². The lowest BCUT2D eigenvalue weighted by Gasteiger charge is -2.01. The van der Waals surface area contributed by atoms with Crippen LogP contribution in [0.3, 0.4) is 0 Å². The van der Waals surface area contributed by atoms with Crippen LogP contribution in [0.15, 0.2) is 24.3 Å². The SMILES string of the molecule is C/C(=C/CCCl)c1ccc(F)c(F)c1. The third kappa shape index (κ3) is 2.81. The molecule has 0 fully saturated rings. The molecule has 0 amide bonds. The van der Waals surface area contributed by atoms with Gasteiger partial charge in [-0.15, -0.1) is 11.6 Å². The van der Waals surface area contributed by atoms with Crippen molar-refractivity contribution in [2.24, 2.45) is 0 Å². The van der Waals surface area contributed by atoms with Gasteiger partial charge < -0.3 is 0 Å². The second-order valence-electron chi connectivity index (χ2n) is 2.99. The van der Waals surface area contributed by atoms with Gasteiger partial charge in [0.25, 0.3) is 0 Å². The molecule has 14 heavy (non-hydrogen) atoms. The van der Waals surface area contributed by atoms with Crippen LogP contribution in [0.4, 0.5) is 8.78 Å². The van der Waals surface area contributed by atoms with Crippen LogP contribution in [0.25, 0.3) is 5.57 Å². The molecular weight excluding hydrogens is 206 g/mol. The smallest absolute Gasteiger partial charge is 0.159 e. The molecule has 1 rings (SSSR count). The fourth-order valence-corrected chi connectivity index (χ4v) is 1.24. The molecule has 0 saturated heterocycles. The molecule has 0 nitrogen and oxygen atoms in total. The van der Waals surface area contributed by atoms with Crippen LogP contribution in [0.2, 0.25) is 0 Å². The quantitative estimate of drug-likeness (QED) is 0.670. The van der Waals surface area contributed by atoms with Gasteiger partial charge in [0.15, 0.2) is 11.6 Å². The van der Waals surface area contributed by atoms with Gasteiger partial charge in [0.2, 0.25) is 0 Å². The molecule has 0 heterocycles. The Kier molecular flexibility index (Phi) is 4.08. The van der Waals surface area contributed by atoms with Crippen LogP contribution in [0.5, 0.6) is 0 Å². The summed E-state index contributed by atoms with van der Waals surface area (Å²) in [4.78, 5) is 0. The third-order valence-corrected chi connectivity index (χ3v) is 2.15. The van der Waals surface area contributed by atoms with E-state index in [2.05, 4.69) is 0 Å². The summed E-state index contributed by atoms with van der Waals surface area (Å²) in [5.74, 6) is -1.11. The summed E-state index contributed by atoms with van der Waals surface area (Å²) in [6.45, 7) is 1.85. The highest BCUT2D eigenvalue weighted by Crippen LogP contribution is 2.17. The first kappa shape index (κ1) is 11.2. The Balaban J connectivity index is 2.91. The Morgan fingerprint density at radius 2 is 2.07 bits per heavy atom. The Morgan fingerprint density at radius 3 is 2.64 bits per heavy atom. The van der Waals surface area contributed by atoms with Gasteiger partial charge in [0.1, 0.15) is 0 Å². The average Bonchev–Trinajstić information content (AvgIpc) is 2.18. The van der Waals surface area contributed by atoms with E-state index >= 15 is 0 Å². The molecule has 0 atom stereocenters. The van der Waals surface area contributed by atoms with Crippen molar-refractivity contribution in [3.63, 3.8) is 0 Å². The van der Waals surface area contributed by atoms with E-state index in [0.29, 0.717) is 11.4 Å². The molecule has 0 spiro atoms. The molecule has 1 aromatic rings. The van der Waals surface area contributed by atoms with Crippen molar-refractivity contribution in [2.45, 2.75) is 13.3 Å². The van der Waals surface area contributed by atoms with Crippen LogP contribution >= 0.6 is 11.6 Å². The predicted molar refractivity (Wildman–Crippen MR) is 55.3 cm³/mol. The van der Waals surface area contributed by atoms with Gasteiger partial charge >= 0.3 is 0 Å². The van der Waals surface area contributed by atoms with E-state index in [-0.39, 0.29) is 0 Å². The zero-order valence-corrected chi connectivity index (χ0v) is 8.61. The summed E-state index contributed by atoms with van der Waals surface area (Å²) in [5.41, 5.74) is 1.60. The van der Waals surface area contributed by atoms with E-state index in [1.54, 1.807) is 6.07 Å². The fourth-order valence-electron chi connectivity index (χ4n) is 1.13. The van der Waals surface area contributed by atoms with E-state index in [4.69, 9.17) is 11.6 Å². The average molecular weight is 217 g/mol. The van der Waals surface area contributed by atoms with Gasteiger partial charge in [-0.1, -0.05) is 12.1 Å². The maximum atomic E-state index is 12.8. The predicted octanol–water partition coefficient (Wildman–Crippen LogP) is 4.00. The fraction of sp³-hybridized carbons (Fsp3) is 0.273. The summed E-state index contributed by atoms with van der Waals surface area (Å²) in [6, 6.07) is 3.87.